The van der Waals surface area contributed by atoms with E-state index >= 15 is 0 Å². The third kappa shape index (κ3) is 2.16. The summed E-state index contributed by atoms with van der Waals surface area (Å²) in [4.78, 5) is 10.8. The van der Waals surface area contributed by atoms with Crippen molar-refractivity contribution in [3.05, 3.63) is 53.1 Å². The van der Waals surface area contributed by atoms with Crippen molar-refractivity contribution in [2.45, 2.75) is 6.42 Å². The lowest BCUT2D eigenvalue weighted by Gasteiger charge is -1.98. The van der Waals surface area contributed by atoms with E-state index in [1.807, 2.05) is 0 Å². The summed E-state index contributed by atoms with van der Waals surface area (Å²) in [6.07, 6.45) is 2.99. The number of rotatable bonds is 3. The summed E-state index contributed by atoms with van der Waals surface area (Å²) >= 11 is 0. The van der Waals surface area contributed by atoms with Crippen LogP contribution in [0.5, 0.6) is 0 Å². The van der Waals surface area contributed by atoms with Gasteiger partial charge in [-0.05, 0) is 17.7 Å². The third-order valence-corrected chi connectivity index (χ3v) is 2.35. The fraction of sp³-hybridized carbons (Fsp3) is 0.167. The van der Waals surface area contributed by atoms with E-state index in [0.29, 0.717) is 17.7 Å². The zero-order valence-electron chi connectivity index (χ0n) is 8.85. The minimum atomic E-state index is -0.264. The van der Waals surface area contributed by atoms with Gasteiger partial charge in [0.2, 0.25) is 0 Å². The van der Waals surface area contributed by atoms with Crippen LogP contribution in [0.15, 0.2) is 30.5 Å². The predicted molar refractivity (Wildman–Crippen MR) is 57.8 cm³/mol. The maximum atomic E-state index is 12.7. The number of carbonyl (C=O) groups is 1. The van der Waals surface area contributed by atoms with E-state index in [1.165, 1.54) is 12.1 Å². The van der Waals surface area contributed by atoms with E-state index in [1.54, 1.807) is 30.1 Å². The normalized spacial score (nSPS) is 10.4. The Morgan fingerprint density at radius 3 is 2.69 bits per heavy atom. The zero-order valence-corrected chi connectivity index (χ0v) is 8.85. The van der Waals surface area contributed by atoms with Crippen LogP contribution in [0.3, 0.4) is 0 Å². The van der Waals surface area contributed by atoms with E-state index in [0.717, 1.165) is 11.8 Å². The number of aldehydes is 1. The molecular weight excluding hydrogens is 207 g/mol. The van der Waals surface area contributed by atoms with Gasteiger partial charge in [0.05, 0.1) is 11.3 Å². The maximum absolute atomic E-state index is 12.7. The Morgan fingerprint density at radius 2 is 2.06 bits per heavy atom. The maximum Gasteiger partial charge on any atom is 0.153 e. The van der Waals surface area contributed by atoms with Gasteiger partial charge < -0.3 is 0 Å². The molecule has 0 fully saturated rings. The van der Waals surface area contributed by atoms with Crippen LogP contribution in [0.4, 0.5) is 4.39 Å². The number of halogens is 1. The number of benzene rings is 1. The molecule has 1 aromatic heterocycles. The Balaban J connectivity index is 2.26. The van der Waals surface area contributed by atoms with E-state index in [2.05, 4.69) is 5.10 Å². The van der Waals surface area contributed by atoms with Crippen LogP contribution in [0.25, 0.3) is 0 Å². The van der Waals surface area contributed by atoms with Crippen LogP contribution >= 0.6 is 0 Å². The molecule has 0 unspecified atom stereocenters. The molecule has 1 heterocycles. The van der Waals surface area contributed by atoms with Crippen molar-refractivity contribution in [3.8, 4) is 0 Å². The molecule has 0 saturated heterocycles. The van der Waals surface area contributed by atoms with Gasteiger partial charge in [-0.3, -0.25) is 9.48 Å². The molecule has 0 spiro atoms. The smallest absolute Gasteiger partial charge is 0.153 e. The number of nitrogens with zero attached hydrogens (tertiary/aromatic N) is 2. The van der Waals surface area contributed by atoms with Crippen LogP contribution in [-0.4, -0.2) is 16.1 Å². The lowest BCUT2D eigenvalue weighted by Crippen LogP contribution is -1.94. The first-order valence-electron chi connectivity index (χ1n) is 4.91. The van der Waals surface area contributed by atoms with E-state index in [9.17, 15) is 9.18 Å². The van der Waals surface area contributed by atoms with Crippen molar-refractivity contribution in [1.82, 2.24) is 9.78 Å². The molecule has 0 aliphatic heterocycles. The minimum absolute atomic E-state index is 0.264. The second kappa shape index (κ2) is 4.26. The quantitative estimate of drug-likeness (QED) is 0.738. The van der Waals surface area contributed by atoms with E-state index < -0.39 is 0 Å². The van der Waals surface area contributed by atoms with Gasteiger partial charge in [-0.15, -0.1) is 0 Å². The highest BCUT2D eigenvalue weighted by Gasteiger charge is 2.07. The summed E-state index contributed by atoms with van der Waals surface area (Å²) in [5.41, 5.74) is 2.22. The monoisotopic (exact) mass is 218 g/mol. The van der Waals surface area contributed by atoms with Crippen molar-refractivity contribution in [1.29, 1.82) is 0 Å². The SMILES string of the molecule is Cn1cc(C=O)c(Cc2ccc(F)cc2)n1. The van der Waals surface area contributed by atoms with E-state index in [-0.39, 0.29) is 5.82 Å². The van der Waals surface area contributed by atoms with Crippen LogP contribution in [-0.2, 0) is 13.5 Å². The lowest BCUT2D eigenvalue weighted by atomic mass is 10.1. The van der Waals surface area contributed by atoms with Crippen molar-refractivity contribution in [3.63, 3.8) is 0 Å². The van der Waals surface area contributed by atoms with Crippen LogP contribution in [0, 0.1) is 5.82 Å². The van der Waals surface area contributed by atoms with Crippen molar-refractivity contribution >= 4 is 6.29 Å². The van der Waals surface area contributed by atoms with Gasteiger partial charge in [-0.25, -0.2) is 4.39 Å². The topological polar surface area (TPSA) is 34.9 Å². The Kier molecular flexibility index (Phi) is 2.81. The van der Waals surface area contributed by atoms with Gasteiger partial charge >= 0.3 is 0 Å². The Hall–Kier alpha value is -1.97. The summed E-state index contributed by atoms with van der Waals surface area (Å²) in [6.45, 7) is 0. The number of hydrogen-bond donors (Lipinski definition) is 0. The number of hydrogen-bond acceptors (Lipinski definition) is 2. The standard InChI is InChI=1S/C12H11FN2O/c1-15-7-10(8-16)12(14-15)6-9-2-4-11(13)5-3-9/h2-5,7-8H,6H2,1H3. The molecule has 0 aliphatic carbocycles. The first-order valence-corrected chi connectivity index (χ1v) is 4.91. The van der Waals surface area contributed by atoms with E-state index in [4.69, 9.17) is 0 Å². The Labute approximate surface area is 92.5 Å². The second-order valence-corrected chi connectivity index (χ2v) is 3.63. The van der Waals surface area contributed by atoms with Crippen molar-refractivity contribution in [2.24, 2.45) is 7.05 Å². The van der Waals surface area contributed by atoms with Crippen molar-refractivity contribution < 1.29 is 9.18 Å². The molecule has 16 heavy (non-hydrogen) atoms. The Bertz CT molecular complexity index is 502. The highest BCUT2D eigenvalue weighted by atomic mass is 19.1. The molecule has 1 aromatic carbocycles. The predicted octanol–water partition coefficient (Wildman–Crippen LogP) is 1.96. The first-order chi connectivity index (χ1) is 7.69. The van der Waals surface area contributed by atoms with Crippen LogP contribution in [0.1, 0.15) is 21.6 Å². The molecule has 0 aliphatic rings. The molecule has 0 bridgehead atoms. The number of aromatic nitrogens is 2. The highest BCUT2D eigenvalue weighted by molar-refractivity contribution is 5.76. The minimum Gasteiger partial charge on any atom is -0.298 e. The molecule has 0 amide bonds. The van der Waals surface area contributed by atoms with Gasteiger partial charge in [-0.1, -0.05) is 12.1 Å². The molecule has 0 saturated carbocycles. The van der Waals surface area contributed by atoms with Gasteiger partial charge in [0, 0.05) is 19.7 Å². The average molecular weight is 218 g/mol. The average Bonchev–Trinajstić information content (AvgIpc) is 2.62. The van der Waals surface area contributed by atoms with Gasteiger partial charge in [0.15, 0.2) is 6.29 Å². The third-order valence-electron chi connectivity index (χ3n) is 2.35. The molecule has 3 nitrogen and oxygen atoms in total. The Morgan fingerprint density at radius 1 is 1.38 bits per heavy atom. The molecule has 0 N–H and O–H groups in total. The van der Waals surface area contributed by atoms with Crippen molar-refractivity contribution in [2.75, 3.05) is 0 Å². The highest BCUT2D eigenvalue weighted by Crippen LogP contribution is 2.11. The van der Waals surface area contributed by atoms with Gasteiger partial charge in [0.1, 0.15) is 5.82 Å². The summed E-state index contributed by atoms with van der Waals surface area (Å²) in [6, 6.07) is 6.19. The summed E-state index contributed by atoms with van der Waals surface area (Å²) in [7, 11) is 1.77. The summed E-state index contributed by atoms with van der Waals surface area (Å²) in [5.74, 6) is -0.264. The summed E-state index contributed by atoms with van der Waals surface area (Å²) in [5, 5.41) is 4.19. The molecular formula is C12H11FN2O. The molecule has 0 radical (unpaired) electrons. The zero-order chi connectivity index (χ0) is 11.5. The fourth-order valence-electron chi connectivity index (χ4n) is 1.58. The second-order valence-electron chi connectivity index (χ2n) is 3.63. The van der Waals surface area contributed by atoms with Crippen LogP contribution in [0.2, 0.25) is 0 Å². The van der Waals surface area contributed by atoms with Gasteiger partial charge in [-0.2, -0.15) is 5.10 Å². The summed E-state index contributed by atoms with van der Waals surface area (Å²) < 4.78 is 14.3. The largest absolute Gasteiger partial charge is 0.298 e. The molecule has 0 atom stereocenters. The number of carbonyl (C=O) groups excluding carboxylic acids is 1. The van der Waals surface area contributed by atoms with Crippen LogP contribution < -0.4 is 0 Å². The molecule has 4 heteroatoms. The molecule has 82 valence electrons. The molecule has 2 rings (SSSR count). The van der Waals surface area contributed by atoms with Gasteiger partial charge in [0.25, 0.3) is 0 Å². The number of aryl methyl sites for hydroxylation is 1. The first kappa shape index (κ1) is 10.5. The fourth-order valence-corrected chi connectivity index (χ4v) is 1.58. The lowest BCUT2D eigenvalue weighted by molar-refractivity contribution is 0.112. The molecule has 2 aromatic rings.